The first-order valence-corrected chi connectivity index (χ1v) is 10.8. The standard InChI is InChI=1S/C12H17O.C4H6O7S.Na/c1-3-5-8-11-9-6-7-10-12(11)13-4-2;5-3(6)1-2(4(7)8)12(9,10)11;/h4,6-7,9-10H,3,5,8H2,1-2H3;2H,1H2,(H,5,6)(H,7,8)(H,9,10,11);. The Morgan fingerprint density at radius 3 is 2.19 bits per heavy atom. The maximum atomic E-state index is 10.2. The first kappa shape index (κ1) is 24.9. The zero-order valence-corrected chi connectivity index (χ0v) is 17.9. The van der Waals surface area contributed by atoms with Crippen molar-refractivity contribution in [3.63, 3.8) is 0 Å². The van der Waals surface area contributed by atoms with Gasteiger partial charge in [0.2, 0.25) is 0 Å². The van der Waals surface area contributed by atoms with Crippen LogP contribution in [0.15, 0.2) is 24.3 Å². The first-order valence-electron chi connectivity index (χ1n) is 8.14. The summed E-state index contributed by atoms with van der Waals surface area (Å²) >= 11 is 1.08. The molecule has 0 fully saturated rings. The quantitative estimate of drug-likeness (QED) is 0.422. The number of benzene rings is 1. The van der Waals surface area contributed by atoms with E-state index in [1.165, 1.54) is 18.4 Å². The molecule has 0 saturated heterocycles. The molecule has 1 rings (SSSR count). The van der Waals surface area contributed by atoms with Crippen LogP contribution in [0.4, 0.5) is 0 Å². The van der Waals surface area contributed by atoms with Gasteiger partial charge in [-0.15, -0.1) is 0 Å². The second-order valence-corrected chi connectivity index (χ2v) is 9.04. The first-order chi connectivity index (χ1) is 12.0. The van der Waals surface area contributed by atoms with E-state index in [0.717, 1.165) is 40.1 Å². The fourth-order valence-electron chi connectivity index (χ4n) is 1.93. The van der Waals surface area contributed by atoms with Crippen LogP contribution in [0.1, 0.15) is 38.7 Å². The van der Waals surface area contributed by atoms with E-state index in [2.05, 4.69) is 38.1 Å². The van der Waals surface area contributed by atoms with Crippen LogP contribution in [-0.2, 0) is 26.1 Å². The van der Waals surface area contributed by atoms with Gasteiger partial charge in [0.25, 0.3) is 10.1 Å². The Kier molecular flexibility index (Phi) is 11.8. The number of aliphatic carboxylic acids is 2. The molecule has 0 aliphatic heterocycles. The van der Waals surface area contributed by atoms with Gasteiger partial charge in [0.15, 0.2) is 5.25 Å². The Hall–Kier alpha value is -1.13. The predicted octanol–water partition coefficient (Wildman–Crippen LogP) is 1.72. The molecule has 10 heteroatoms. The van der Waals surface area contributed by atoms with Crippen molar-refractivity contribution in [1.82, 2.24) is 0 Å². The molecule has 0 amide bonds. The summed E-state index contributed by atoms with van der Waals surface area (Å²) in [7, 11) is -4.84. The van der Waals surface area contributed by atoms with Gasteiger partial charge in [0, 0.05) is 0 Å². The van der Waals surface area contributed by atoms with E-state index in [1.807, 2.05) is 0 Å². The molecule has 0 saturated carbocycles. The number of aryl methyl sites for hydroxylation is 1. The molecule has 8 nitrogen and oxygen atoms in total. The minimum atomic E-state index is -4.84. The van der Waals surface area contributed by atoms with E-state index in [4.69, 9.17) is 19.5 Å². The summed E-state index contributed by atoms with van der Waals surface area (Å²) in [5.74, 6) is -2.41. The summed E-state index contributed by atoms with van der Waals surface area (Å²) in [6, 6.07) is 8.40. The Balaban J connectivity index is 0.000000488. The summed E-state index contributed by atoms with van der Waals surface area (Å²) in [5.41, 5.74) is 1.36. The van der Waals surface area contributed by atoms with E-state index >= 15 is 0 Å². The minimum Gasteiger partial charge on any atom is -0.481 e. The SMILES string of the molecule is CCCCc1ccccc1O[CH](C)[Na].O=C(O)CC(C(=O)O)S(=O)(=O)O. The summed E-state index contributed by atoms with van der Waals surface area (Å²) in [6.07, 6.45) is 2.47. The summed E-state index contributed by atoms with van der Waals surface area (Å²) in [4.78, 5) is 20.0. The largest absolute Gasteiger partial charge is 0.481 e. The average Bonchev–Trinajstić information content (AvgIpc) is 2.50. The van der Waals surface area contributed by atoms with Gasteiger partial charge < -0.3 is 10.2 Å². The van der Waals surface area contributed by atoms with Crippen LogP contribution in [0.3, 0.4) is 0 Å². The van der Waals surface area contributed by atoms with Crippen LogP contribution in [0.2, 0.25) is 0 Å². The average molecular weight is 398 g/mol. The van der Waals surface area contributed by atoms with Crippen molar-refractivity contribution in [2.45, 2.75) is 48.1 Å². The number of carboxylic acids is 2. The number of hydrogen-bond donors (Lipinski definition) is 3. The summed E-state index contributed by atoms with van der Waals surface area (Å²) < 4.78 is 34.9. The molecular weight excluding hydrogens is 375 g/mol. The number of ether oxygens (including phenoxy) is 1. The van der Waals surface area contributed by atoms with E-state index in [9.17, 15) is 18.0 Å². The molecular formula is C16H23NaO8S. The number of carboxylic acid groups (broad SMARTS) is 2. The third-order valence-corrected chi connectivity index (χ3v) is 4.45. The number of hydrogen-bond acceptors (Lipinski definition) is 5. The van der Waals surface area contributed by atoms with E-state index in [-0.39, 0.29) is 0 Å². The van der Waals surface area contributed by atoms with Crippen LogP contribution in [-0.4, -0.2) is 71.7 Å². The van der Waals surface area contributed by atoms with Crippen molar-refractivity contribution in [1.29, 1.82) is 0 Å². The number of carbonyl (C=O) groups is 2. The van der Waals surface area contributed by atoms with Gasteiger partial charge in [-0.25, -0.2) is 0 Å². The van der Waals surface area contributed by atoms with Crippen LogP contribution in [0.25, 0.3) is 0 Å². The summed E-state index contributed by atoms with van der Waals surface area (Å²) in [5, 5.41) is 13.9. The normalized spacial score (nSPS) is 13.1. The minimum absolute atomic E-state index is 0.401. The monoisotopic (exact) mass is 398 g/mol. The van der Waals surface area contributed by atoms with E-state index in [0.29, 0.717) is 3.35 Å². The Morgan fingerprint density at radius 2 is 1.81 bits per heavy atom. The molecule has 0 aromatic heterocycles. The van der Waals surface area contributed by atoms with Crippen LogP contribution >= 0.6 is 0 Å². The summed E-state index contributed by atoms with van der Waals surface area (Å²) in [6.45, 7) is 4.35. The van der Waals surface area contributed by atoms with Crippen LogP contribution < -0.4 is 4.74 Å². The zero-order valence-electron chi connectivity index (χ0n) is 15.1. The fraction of sp³-hybridized carbons (Fsp3) is 0.500. The van der Waals surface area contributed by atoms with Crippen molar-refractivity contribution in [2.75, 3.05) is 0 Å². The van der Waals surface area contributed by atoms with Crippen LogP contribution in [0, 0.1) is 0 Å². The molecule has 142 valence electrons. The van der Waals surface area contributed by atoms with Gasteiger partial charge in [-0.1, -0.05) is 0 Å². The maximum absolute atomic E-state index is 10.2. The van der Waals surface area contributed by atoms with Gasteiger partial charge in [0.1, 0.15) is 0 Å². The third-order valence-electron chi connectivity index (χ3n) is 3.13. The van der Waals surface area contributed by atoms with Gasteiger partial charge in [-0.05, 0) is 0 Å². The topological polar surface area (TPSA) is 138 Å². The molecule has 26 heavy (non-hydrogen) atoms. The van der Waals surface area contributed by atoms with Crippen molar-refractivity contribution < 1.29 is 37.5 Å². The molecule has 0 radical (unpaired) electrons. The van der Waals surface area contributed by atoms with Gasteiger partial charge in [0.05, 0.1) is 6.42 Å². The molecule has 0 spiro atoms. The molecule has 0 aliphatic rings. The molecule has 0 aliphatic carbocycles. The van der Waals surface area contributed by atoms with E-state index in [1.54, 1.807) is 0 Å². The Labute approximate surface area is 170 Å². The number of para-hydroxylation sites is 1. The maximum Gasteiger partial charge on any atom is 0.325 e. The molecule has 1 aromatic carbocycles. The molecule has 3 N–H and O–H groups in total. The molecule has 2 unspecified atom stereocenters. The van der Waals surface area contributed by atoms with Crippen LogP contribution in [0.5, 0.6) is 5.75 Å². The van der Waals surface area contributed by atoms with Crippen molar-refractivity contribution in [2.24, 2.45) is 0 Å². The molecule has 0 bridgehead atoms. The fourth-order valence-corrected chi connectivity index (χ4v) is 2.79. The number of rotatable bonds is 9. The van der Waals surface area contributed by atoms with Gasteiger partial charge >= 0.3 is 117 Å². The smallest absolute Gasteiger partial charge is 0.325 e. The second kappa shape index (κ2) is 12.3. The third kappa shape index (κ3) is 10.8. The Morgan fingerprint density at radius 1 is 1.23 bits per heavy atom. The van der Waals surface area contributed by atoms with Gasteiger partial charge in [-0.3, -0.25) is 14.1 Å². The molecule has 0 heterocycles. The molecule has 1 aromatic rings. The molecule has 2 atom stereocenters. The van der Waals surface area contributed by atoms with E-state index < -0.39 is 33.7 Å². The van der Waals surface area contributed by atoms with Crippen molar-refractivity contribution in [3.8, 4) is 5.75 Å². The number of unbranched alkanes of at least 4 members (excludes halogenated alkanes) is 1. The Bertz CT molecular complexity index is 687. The predicted molar refractivity (Wildman–Crippen MR) is 96.1 cm³/mol. The van der Waals surface area contributed by atoms with Crippen molar-refractivity contribution >= 4 is 50.0 Å². The zero-order chi connectivity index (χ0) is 20.3. The van der Waals surface area contributed by atoms with Gasteiger partial charge in [-0.2, -0.15) is 8.42 Å². The van der Waals surface area contributed by atoms with Crippen molar-refractivity contribution in [3.05, 3.63) is 29.8 Å². The second-order valence-electron chi connectivity index (χ2n) is 5.82.